The molecule has 1 aromatic carbocycles. The largest absolute Gasteiger partial charge is 0.352 e. The Bertz CT molecular complexity index is 925. The standard InChI is InChI=1S/C20H30N4O3S/c1-14(13-24-16(3)11-15(2)22-24)12-21-19(25)17-7-9-18(10-8-17)28(26,27)23-20(4,5)6/h7-11,14,23H,12-13H2,1-6H3,(H,21,25). The van der Waals surface area contributed by atoms with E-state index < -0.39 is 15.6 Å². The molecule has 1 amide bonds. The molecule has 154 valence electrons. The summed E-state index contributed by atoms with van der Waals surface area (Å²) in [5, 5.41) is 7.33. The first-order valence-corrected chi connectivity index (χ1v) is 10.8. The van der Waals surface area contributed by atoms with Crippen LogP contribution < -0.4 is 10.0 Å². The van der Waals surface area contributed by atoms with E-state index in [1.807, 2.05) is 31.5 Å². The molecule has 0 aliphatic carbocycles. The van der Waals surface area contributed by atoms with E-state index in [9.17, 15) is 13.2 Å². The number of benzene rings is 1. The number of hydrogen-bond acceptors (Lipinski definition) is 4. The highest BCUT2D eigenvalue weighted by atomic mass is 32.2. The molecule has 0 aliphatic heterocycles. The Labute approximate surface area is 167 Å². The third kappa shape index (κ3) is 6.17. The van der Waals surface area contributed by atoms with E-state index in [2.05, 4.69) is 15.1 Å². The van der Waals surface area contributed by atoms with Crippen LogP contribution in [0.2, 0.25) is 0 Å². The highest BCUT2D eigenvalue weighted by molar-refractivity contribution is 7.89. The number of carbonyl (C=O) groups excluding carboxylic acids is 1. The van der Waals surface area contributed by atoms with Gasteiger partial charge < -0.3 is 5.32 Å². The summed E-state index contributed by atoms with van der Waals surface area (Å²) < 4.78 is 29.2. The van der Waals surface area contributed by atoms with Gasteiger partial charge in [0.2, 0.25) is 10.0 Å². The van der Waals surface area contributed by atoms with Crippen molar-refractivity contribution in [2.45, 2.75) is 58.5 Å². The monoisotopic (exact) mass is 406 g/mol. The number of aryl methyl sites for hydroxylation is 2. The van der Waals surface area contributed by atoms with Crippen molar-refractivity contribution in [1.29, 1.82) is 0 Å². The number of hydrogen-bond donors (Lipinski definition) is 2. The average molecular weight is 407 g/mol. The average Bonchev–Trinajstić information content (AvgIpc) is 2.88. The predicted octanol–water partition coefficient (Wildman–Crippen LogP) is 2.64. The SMILES string of the molecule is Cc1cc(C)n(CC(C)CNC(=O)c2ccc(S(=O)(=O)NC(C)(C)C)cc2)n1. The summed E-state index contributed by atoms with van der Waals surface area (Å²) in [4.78, 5) is 12.5. The van der Waals surface area contributed by atoms with Crippen LogP contribution in [0, 0.1) is 19.8 Å². The van der Waals surface area contributed by atoms with Crippen LogP contribution in [0.4, 0.5) is 0 Å². The lowest BCUT2D eigenvalue weighted by atomic mass is 10.1. The number of aromatic nitrogens is 2. The summed E-state index contributed by atoms with van der Waals surface area (Å²) in [7, 11) is -3.61. The van der Waals surface area contributed by atoms with E-state index in [-0.39, 0.29) is 16.7 Å². The topological polar surface area (TPSA) is 93.1 Å². The zero-order valence-corrected chi connectivity index (χ0v) is 18.2. The van der Waals surface area contributed by atoms with Gasteiger partial charge in [0.05, 0.1) is 10.6 Å². The van der Waals surface area contributed by atoms with Crippen LogP contribution in [0.1, 0.15) is 49.4 Å². The minimum atomic E-state index is -3.61. The molecule has 0 aliphatic rings. The lowest BCUT2D eigenvalue weighted by molar-refractivity contribution is 0.0946. The van der Waals surface area contributed by atoms with Crippen LogP contribution in [0.3, 0.4) is 0 Å². The van der Waals surface area contributed by atoms with E-state index in [1.54, 1.807) is 20.8 Å². The van der Waals surface area contributed by atoms with Crippen molar-refractivity contribution in [3.63, 3.8) is 0 Å². The highest BCUT2D eigenvalue weighted by Gasteiger charge is 2.22. The smallest absolute Gasteiger partial charge is 0.251 e. The van der Waals surface area contributed by atoms with Crippen molar-refractivity contribution in [3.05, 3.63) is 47.3 Å². The van der Waals surface area contributed by atoms with E-state index in [0.29, 0.717) is 12.1 Å². The van der Waals surface area contributed by atoms with E-state index >= 15 is 0 Å². The van der Waals surface area contributed by atoms with Gasteiger partial charge in [-0.3, -0.25) is 9.48 Å². The molecular formula is C20H30N4O3S. The second kappa shape index (κ2) is 8.45. The Balaban J connectivity index is 1.95. The number of sulfonamides is 1. The van der Waals surface area contributed by atoms with Gasteiger partial charge in [-0.15, -0.1) is 0 Å². The number of carbonyl (C=O) groups is 1. The molecule has 1 atom stereocenters. The zero-order chi connectivity index (χ0) is 21.1. The summed E-state index contributed by atoms with van der Waals surface area (Å²) >= 11 is 0. The van der Waals surface area contributed by atoms with Crippen molar-refractivity contribution in [3.8, 4) is 0 Å². The summed E-state index contributed by atoms with van der Waals surface area (Å²) in [6, 6.07) is 7.97. The summed E-state index contributed by atoms with van der Waals surface area (Å²) in [6.07, 6.45) is 0. The fourth-order valence-corrected chi connectivity index (χ4v) is 4.25. The molecule has 2 rings (SSSR count). The van der Waals surface area contributed by atoms with Gasteiger partial charge in [-0.1, -0.05) is 6.92 Å². The first-order valence-electron chi connectivity index (χ1n) is 9.31. The molecule has 0 radical (unpaired) electrons. The fourth-order valence-electron chi connectivity index (χ4n) is 2.84. The van der Waals surface area contributed by atoms with Crippen molar-refractivity contribution in [2.75, 3.05) is 6.54 Å². The lowest BCUT2D eigenvalue weighted by Gasteiger charge is -2.20. The van der Waals surface area contributed by atoms with Crippen LogP contribution in [-0.4, -0.2) is 36.2 Å². The van der Waals surface area contributed by atoms with E-state index in [0.717, 1.165) is 17.9 Å². The Kier molecular flexibility index (Phi) is 6.67. The predicted molar refractivity (Wildman–Crippen MR) is 110 cm³/mol. The lowest BCUT2D eigenvalue weighted by Crippen LogP contribution is -2.40. The van der Waals surface area contributed by atoms with Gasteiger partial charge in [-0.05, 0) is 70.9 Å². The van der Waals surface area contributed by atoms with Crippen LogP contribution in [0.5, 0.6) is 0 Å². The molecule has 0 saturated heterocycles. The van der Waals surface area contributed by atoms with Crippen LogP contribution in [-0.2, 0) is 16.6 Å². The summed E-state index contributed by atoms with van der Waals surface area (Å²) in [5.74, 6) is -0.0227. The third-order valence-corrected chi connectivity index (χ3v) is 5.84. The molecule has 2 N–H and O–H groups in total. The quantitative estimate of drug-likeness (QED) is 0.739. The minimum Gasteiger partial charge on any atom is -0.352 e. The third-order valence-electron chi connectivity index (χ3n) is 4.07. The maximum Gasteiger partial charge on any atom is 0.251 e. The summed E-state index contributed by atoms with van der Waals surface area (Å²) in [6.45, 7) is 12.6. The molecule has 2 aromatic rings. The van der Waals surface area contributed by atoms with Crippen molar-refractivity contribution in [2.24, 2.45) is 5.92 Å². The van der Waals surface area contributed by atoms with Gasteiger partial charge in [0.1, 0.15) is 0 Å². The molecule has 0 saturated carbocycles. The molecule has 1 heterocycles. The van der Waals surface area contributed by atoms with Gasteiger partial charge in [0, 0.05) is 29.9 Å². The zero-order valence-electron chi connectivity index (χ0n) is 17.4. The second-order valence-electron chi connectivity index (χ2n) is 8.30. The maximum atomic E-state index is 12.4. The molecular weight excluding hydrogens is 376 g/mol. The van der Waals surface area contributed by atoms with Gasteiger partial charge >= 0.3 is 0 Å². The summed E-state index contributed by atoms with van der Waals surface area (Å²) in [5.41, 5.74) is 1.92. The van der Waals surface area contributed by atoms with E-state index in [1.165, 1.54) is 24.3 Å². The highest BCUT2D eigenvalue weighted by Crippen LogP contribution is 2.14. The number of nitrogens with one attached hydrogen (secondary N) is 2. The van der Waals surface area contributed by atoms with Gasteiger partial charge in [0.25, 0.3) is 5.91 Å². The molecule has 0 bridgehead atoms. The van der Waals surface area contributed by atoms with Crippen molar-refractivity contribution in [1.82, 2.24) is 19.8 Å². The molecule has 1 aromatic heterocycles. The van der Waals surface area contributed by atoms with Gasteiger partial charge in [-0.25, -0.2) is 13.1 Å². The molecule has 28 heavy (non-hydrogen) atoms. The maximum absolute atomic E-state index is 12.4. The number of amides is 1. The second-order valence-corrected chi connectivity index (χ2v) is 9.99. The van der Waals surface area contributed by atoms with Crippen molar-refractivity contribution >= 4 is 15.9 Å². The Morgan fingerprint density at radius 3 is 2.29 bits per heavy atom. The first-order chi connectivity index (χ1) is 12.9. The first kappa shape index (κ1) is 22.1. The van der Waals surface area contributed by atoms with Crippen LogP contribution in [0.15, 0.2) is 35.2 Å². The van der Waals surface area contributed by atoms with Gasteiger partial charge in [0.15, 0.2) is 0 Å². The van der Waals surface area contributed by atoms with Crippen LogP contribution >= 0.6 is 0 Å². The number of nitrogens with zero attached hydrogens (tertiary/aromatic N) is 2. The molecule has 8 heteroatoms. The molecule has 7 nitrogen and oxygen atoms in total. The minimum absolute atomic E-state index is 0.136. The van der Waals surface area contributed by atoms with E-state index in [4.69, 9.17) is 0 Å². The molecule has 0 spiro atoms. The number of rotatable bonds is 7. The van der Waals surface area contributed by atoms with Crippen molar-refractivity contribution < 1.29 is 13.2 Å². The molecule has 1 unspecified atom stereocenters. The Morgan fingerprint density at radius 1 is 1.18 bits per heavy atom. The Morgan fingerprint density at radius 2 is 1.79 bits per heavy atom. The Hall–Kier alpha value is -2.19. The fraction of sp³-hybridized carbons (Fsp3) is 0.500. The molecule has 0 fully saturated rings. The van der Waals surface area contributed by atoms with Crippen LogP contribution in [0.25, 0.3) is 0 Å². The van der Waals surface area contributed by atoms with Gasteiger partial charge in [-0.2, -0.15) is 5.10 Å². The normalized spacial score (nSPS) is 13.4.